The third-order valence-corrected chi connectivity index (χ3v) is 18.4. The van der Waals surface area contributed by atoms with Crippen LogP contribution in [-0.4, -0.2) is 11.9 Å². The molecule has 4 fully saturated rings. The van der Waals surface area contributed by atoms with E-state index in [9.17, 15) is 9.59 Å². The van der Waals surface area contributed by atoms with Crippen molar-refractivity contribution in [1.29, 1.82) is 0 Å². The third kappa shape index (κ3) is 9.21. The number of ether oxygens (including phenoxy) is 2. The standard InChI is InChI=1S/C65H54Br2F4O4/c1-3-4-36-5-7-37(8-6-36)38-9-13-40(14-10-38)43-17-21-49-45(29-43)19-23-55(74-63(72)59-51(68)31-47(66)32-52(59)69)57(49)58-50-22-18-44(30-46(50)20-24-56(58)75-64(73)60-53(70)33-48(67)34-54(60)71)41-15-11-39(12-16-41)42-25-27-65(28-26-42)61-35(2)62(61)65/h9-24,29-37,42,61-62H,3-8,25-28H2,1-2H3. The van der Waals surface area contributed by atoms with E-state index in [-0.39, 0.29) is 31.6 Å². The number of halogens is 6. The maximum atomic E-state index is 15.4. The van der Waals surface area contributed by atoms with E-state index in [1.54, 1.807) is 24.3 Å². The summed E-state index contributed by atoms with van der Waals surface area (Å²) >= 11 is 6.18. The number of rotatable bonds is 11. The van der Waals surface area contributed by atoms with Crippen molar-refractivity contribution in [3.63, 3.8) is 0 Å². The van der Waals surface area contributed by atoms with Crippen molar-refractivity contribution in [2.24, 2.45) is 29.1 Å². The molecule has 0 heterocycles. The van der Waals surface area contributed by atoms with Crippen molar-refractivity contribution in [3.05, 3.63) is 188 Å². The quantitative estimate of drug-likeness (QED) is 0.0736. The van der Waals surface area contributed by atoms with Gasteiger partial charge in [-0.15, -0.1) is 0 Å². The molecule has 0 bridgehead atoms. The highest BCUT2D eigenvalue weighted by atomic mass is 79.9. The molecule has 10 heteroatoms. The Bertz CT molecular complexity index is 3520. The van der Waals surface area contributed by atoms with Gasteiger partial charge in [-0.25, -0.2) is 27.2 Å². The van der Waals surface area contributed by atoms with Gasteiger partial charge in [0.15, 0.2) is 0 Å². The van der Waals surface area contributed by atoms with Crippen molar-refractivity contribution >= 4 is 65.3 Å². The van der Waals surface area contributed by atoms with Crippen LogP contribution in [0.25, 0.3) is 54.9 Å². The monoisotopic (exact) mass is 1130 g/mol. The van der Waals surface area contributed by atoms with Crippen LogP contribution < -0.4 is 9.47 Å². The molecule has 4 nitrogen and oxygen atoms in total. The van der Waals surface area contributed by atoms with Gasteiger partial charge in [-0.1, -0.05) is 143 Å². The van der Waals surface area contributed by atoms with Crippen molar-refractivity contribution in [1.82, 2.24) is 0 Å². The molecule has 8 aromatic carbocycles. The summed E-state index contributed by atoms with van der Waals surface area (Å²) in [5.74, 6) is -2.62. The van der Waals surface area contributed by atoms with E-state index in [1.807, 2.05) is 36.4 Å². The summed E-state index contributed by atoms with van der Waals surface area (Å²) in [6.07, 6.45) is 12.5. The highest BCUT2D eigenvalue weighted by Gasteiger charge is 2.80. The van der Waals surface area contributed by atoms with Gasteiger partial charge >= 0.3 is 11.9 Å². The zero-order valence-electron chi connectivity index (χ0n) is 41.6. The normalized spacial score (nSPS) is 22.8. The van der Waals surface area contributed by atoms with Crippen LogP contribution in [-0.2, 0) is 0 Å². The number of esters is 2. The molecule has 8 aromatic rings. The number of carbonyl (C=O) groups is 2. The molecule has 0 radical (unpaired) electrons. The zero-order valence-corrected chi connectivity index (χ0v) is 44.8. The van der Waals surface area contributed by atoms with E-state index in [4.69, 9.17) is 9.47 Å². The molecule has 75 heavy (non-hydrogen) atoms. The minimum Gasteiger partial charge on any atom is -0.422 e. The highest BCUT2D eigenvalue weighted by molar-refractivity contribution is 9.10. The highest BCUT2D eigenvalue weighted by Crippen LogP contribution is 2.85. The predicted molar refractivity (Wildman–Crippen MR) is 295 cm³/mol. The van der Waals surface area contributed by atoms with E-state index in [2.05, 4.69) is 94.2 Å². The lowest BCUT2D eigenvalue weighted by molar-refractivity contribution is 0.0712. The second kappa shape index (κ2) is 19.8. The summed E-state index contributed by atoms with van der Waals surface area (Å²) in [4.78, 5) is 28.0. The Hall–Kier alpha value is -6.10. The molecule has 380 valence electrons. The number of hydrogen-bond donors (Lipinski definition) is 0. The zero-order chi connectivity index (χ0) is 51.9. The average Bonchev–Trinajstić information content (AvgIpc) is 4.44. The van der Waals surface area contributed by atoms with E-state index >= 15 is 17.6 Å². The second-order valence-electron chi connectivity index (χ2n) is 21.7. The van der Waals surface area contributed by atoms with Crippen molar-refractivity contribution in [3.8, 4) is 44.9 Å². The Morgan fingerprint density at radius 3 is 1.32 bits per heavy atom. The molecule has 0 saturated heterocycles. The lowest BCUT2D eigenvalue weighted by atomic mass is 9.70. The minimum atomic E-state index is -1.30. The molecule has 4 aliphatic carbocycles. The van der Waals surface area contributed by atoms with Crippen LogP contribution in [0.4, 0.5) is 17.6 Å². The summed E-state index contributed by atoms with van der Waals surface area (Å²) in [6.45, 7) is 4.65. The molecule has 0 aliphatic heterocycles. The SMILES string of the molecule is CCCC1CCC(c2ccc(-c3ccc4c(-c5c(OC(=O)c6c(F)cc(Br)cc6F)ccc6cc(-c7ccc(C8CCC9(CC8)C8C(C)C89)cc7)ccc56)c(OC(=O)c5c(F)cc(Br)cc5F)ccc4c3)cc2)CC1. The van der Waals surface area contributed by atoms with Crippen molar-refractivity contribution < 1.29 is 36.6 Å². The first-order valence-electron chi connectivity index (χ1n) is 26.4. The third-order valence-electron chi connectivity index (χ3n) is 17.5. The Kier molecular flexibility index (Phi) is 13.1. The van der Waals surface area contributed by atoms with Crippen LogP contribution in [0.1, 0.15) is 122 Å². The summed E-state index contributed by atoms with van der Waals surface area (Å²) in [5.41, 5.74) is 5.83. The molecular formula is C65H54Br2F4O4. The van der Waals surface area contributed by atoms with Crippen molar-refractivity contribution in [2.45, 2.75) is 89.9 Å². The molecule has 12 rings (SSSR count). The number of hydrogen-bond acceptors (Lipinski definition) is 4. The van der Waals surface area contributed by atoms with Gasteiger partial charge in [-0.05, 0) is 196 Å². The van der Waals surface area contributed by atoms with E-state index < -0.39 is 46.3 Å². The molecule has 4 aliphatic rings. The summed E-state index contributed by atoms with van der Waals surface area (Å²) < 4.78 is 74.0. The maximum Gasteiger partial charge on any atom is 0.349 e. The summed E-state index contributed by atoms with van der Waals surface area (Å²) in [6, 6.07) is 39.7. The Balaban J connectivity index is 0.958. The van der Waals surface area contributed by atoms with E-state index in [1.165, 1.54) is 75.3 Å². The Morgan fingerprint density at radius 2 is 0.920 bits per heavy atom. The fourth-order valence-corrected chi connectivity index (χ4v) is 14.4. The molecule has 2 atom stereocenters. The average molecular weight is 1130 g/mol. The first-order chi connectivity index (χ1) is 36.3. The Morgan fingerprint density at radius 1 is 0.520 bits per heavy atom. The topological polar surface area (TPSA) is 52.6 Å². The number of benzene rings is 8. The van der Waals surface area contributed by atoms with E-state index in [0.29, 0.717) is 38.8 Å². The fourth-order valence-electron chi connectivity index (χ4n) is 13.6. The van der Waals surface area contributed by atoms with Gasteiger partial charge in [0.05, 0.1) is 0 Å². The smallest absolute Gasteiger partial charge is 0.349 e. The first kappa shape index (κ1) is 49.8. The molecular weight excluding hydrogens is 1080 g/mol. The van der Waals surface area contributed by atoms with Crippen LogP contribution >= 0.6 is 31.9 Å². The molecule has 0 aromatic heterocycles. The molecule has 0 amide bonds. The number of fused-ring (bicyclic) bond motifs is 5. The second-order valence-corrected chi connectivity index (χ2v) is 23.5. The van der Waals surface area contributed by atoms with Gasteiger partial charge in [0, 0.05) is 20.1 Å². The van der Waals surface area contributed by atoms with Gasteiger partial charge < -0.3 is 9.47 Å². The van der Waals surface area contributed by atoms with Crippen LogP contribution in [0.2, 0.25) is 0 Å². The minimum absolute atomic E-state index is 0.0953. The lowest BCUT2D eigenvalue weighted by Crippen LogP contribution is -2.23. The van der Waals surface area contributed by atoms with Gasteiger partial charge in [-0.3, -0.25) is 0 Å². The molecule has 0 N–H and O–H groups in total. The largest absolute Gasteiger partial charge is 0.422 e. The maximum absolute atomic E-state index is 15.4. The number of carbonyl (C=O) groups excluding carboxylic acids is 2. The molecule has 2 unspecified atom stereocenters. The van der Waals surface area contributed by atoms with Crippen LogP contribution in [0.5, 0.6) is 11.5 Å². The molecule has 4 saturated carbocycles. The van der Waals surface area contributed by atoms with Crippen LogP contribution in [0, 0.1) is 52.4 Å². The lowest BCUT2D eigenvalue weighted by Gasteiger charge is -2.34. The van der Waals surface area contributed by atoms with Gasteiger partial charge in [-0.2, -0.15) is 0 Å². The summed E-state index contributed by atoms with van der Waals surface area (Å²) in [5, 5.41) is 2.48. The predicted octanol–water partition coefficient (Wildman–Crippen LogP) is 19.1. The van der Waals surface area contributed by atoms with Crippen molar-refractivity contribution in [2.75, 3.05) is 0 Å². The van der Waals surface area contributed by atoms with Crippen LogP contribution in [0.3, 0.4) is 0 Å². The van der Waals surface area contributed by atoms with Gasteiger partial charge in [0.2, 0.25) is 0 Å². The molecule has 1 spiro atoms. The first-order valence-corrected chi connectivity index (χ1v) is 27.9. The summed E-state index contributed by atoms with van der Waals surface area (Å²) in [7, 11) is 0. The van der Waals surface area contributed by atoms with Gasteiger partial charge in [0.25, 0.3) is 0 Å². The fraction of sp³-hybridized carbons (Fsp3) is 0.292. The van der Waals surface area contributed by atoms with Gasteiger partial charge in [0.1, 0.15) is 45.9 Å². The van der Waals surface area contributed by atoms with Crippen LogP contribution in [0.15, 0.2) is 142 Å². The Labute approximate surface area is 451 Å². The van der Waals surface area contributed by atoms with E-state index in [0.717, 1.165) is 70.2 Å².